The highest BCUT2D eigenvalue weighted by Gasteiger charge is 2.16. The fourth-order valence-electron chi connectivity index (χ4n) is 3.67. The molecule has 0 spiro atoms. The van der Waals surface area contributed by atoms with Crippen molar-refractivity contribution in [1.82, 2.24) is 0 Å². The molecule has 28 heavy (non-hydrogen) atoms. The van der Waals surface area contributed by atoms with Gasteiger partial charge in [0, 0.05) is 17.9 Å². The van der Waals surface area contributed by atoms with Crippen LogP contribution in [-0.2, 0) is 0 Å². The van der Waals surface area contributed by atoms with Gasteiger partial charge in [-0.1, -0.05) is 72.8 Å². The van der Waals surface area contributed by atoms with Crippen LogP contribution >= 0.6 is 0 Å². The molecular weight excluding hydrogens is 342 g/mol. The molecule has 0 aliphatic carbocycles. The lowest BCUT2D eigenvalue weighted by molar-refractivity contribution is -0.693. The van der Waals surface area contributed by atoms with Crippen LogP contribution in [0, 0.1) is 0 Å². The number of rotatable bonds is 9. The molecule has 0 fully saturated rings. The summed E-state index contributed by atoms with van der Waals surface area (Å²) in [6, 6.07) is 30.7. The average molecular weight is 375 g/mol. The Labute approximate surface area is 169 Å². The number of hydrogen-bond acceptors (Lipinski definition) is 1. The quantitative estimate of drug-likeness (QED) is 0.539. The highest BCUT2D eigenvalue weighted by atomic mass is 16.5. The van der Waals surface area contributed by atoms with Crippen molar-refractivity contribution in [3.05, 3.63) is 102 Å². The second-order valence-electron chi connectivity index (χ2n) is 7.71. The van der Waals surface area contributed by atoms with E-state index in [4.69, 9.17) is 4.74 Å². The molecule has 0 amide bonds. The normalized spacial score (nSPS) is 13.3. The first-order valence-electron chi connectivity index (χ1n) is 10.3. The fraction of sp³-hybridized carbons (Fsp3) is 0.308. The van der Waals surface area contributed by atoms with Gasteiger partial charge < -0.3 is 10.1 Å². The number of ether oxygens (including phenoxy) is 1. The molecule has 3 aromatic carbocycles. The molecule has 0 aromatic heterocycles. The van der Waals surface area contributed by atoms with E-state index in [9.17, 15) is 0 Å². The molecule has 0 saturated carbocycles. The summed E-state index contributed by atoms with van der Waals surface area (Å²) in [4.78, 5) is 0. The molecule has 3 rings (SSSR count). The van der Waals surface area contributed by atoms with Crippen LogP contribution in [-0.4, -0.2) is 12.6 Å². The molecule has 0 saturated heterocycles. The molecule has 0 aliphatic rings. The number of benzene rings is 3. The molecule has 3 aromatic rings. The van der Waals surface area contributed by atoms with Gasteiger partial charge in [0.05, 0.1) is 12.6 Å². The molecule has 0 bridgehead atoms. The van der Waals surface area contributed by atoms with Crippen LogP contribution in [0.25, 0.3) is 0 Å². The first-order chi connectivity index (χ1) is 13.6. The summed E-state index contributed by atoms with van der Waals surface area (Å²) >= 11 is 0. The molecule has 2 N–H and O–H groups in total. The van der Waals surface area contributed by atoms with E-state index < -0.39 is 0 Å². The van der Waals surface area contributed by atoms with E-state index in [1.807, 2.05) is 0 Å². The maximum absolute atomic E-state index is 5.81. The Morgan fingerprint density at radius 2 is 1.21 bits per heavy atom. The zero-order valence-corrected chi connectivity index (χ0v) is 17.2. The Bertz CT molecular complexity index is 812. The summed E-state index contributed by atoms with van der Waals surface area (Å²) in [6.45, 7) is 7.49. The lowest BCUT2D eigenvalue weighted by Crippen LogP contribution is -2.84. The van der Waals surface area contributed by atoms with Gasteiger partial charge in [-0.05, 0) is 44.0 Å². The lowest BCUT2D eigenvalue weighted by Gasteiger charge is -2.19. The summed E-state index contributed by atoms with van der Waals surface area (Å²) in [5, 5.41) is 2.45. The Hall–Kier alpha value is -2.58. The van der Waals surface area contributed by atoms with Crippen molar-refractivity contribution in [2.24, 2.45) is 0 Å². The second-order valence-corrected chi connectivity index (χ2v) is 7.71. The third-order valence-corrected chi connectivity index (χ3v) is 5.16. The molecular formula is C26H32NO+. The maximum atomic E-state index is 5.81. The number of quaternary nitrogens is 1. The highest BCUT2D eigenvalue weighted by Crippen LogP contribution is 2.29. The van der Waals surface area contributed by atoms with E-state index in [0.717, 1.165) is 18.7 Å². The van der Waals surface area contributed by atoms with Crippen LogP contribution in [0.5, 0.6) is 5.75 Å². The minimum Gasteiger partial charge on any atom is -0.491 e. The van der Waals surface area contributed by atoms with Crippen molar-refractivity contribution in [2.75, 3.05) is 6.54 Å². The minimum atomic E-state index is 0.199. The van der Waals surface area contributed by atoms with E-state index in [0.29, 0.717) is 12.0 Å². The molecule has 2 heteroatoms. The van der Waals surface area contributed by atoms with Gasteiger partial charge in [0.1, 0.15) is 11.8 Å². The molecule has 0 unspecified atom stereocenters. The van der Waals surface area contributed by atoms with Crippen LogP contribution in [0.2, 0.25) is 0 Å². The summed E-state index contributed by atoms with van der Waals surface area (Å²) in [5.74, 6) is 1.34. The average Bonchev–Trinajstić information content (AvgIpc) is 2.73. The lowest BCUT2D eigenvalue weighted by atomic mass is 9.88. The fourth-order valence-corrected chi connectivity index (χ4v) is 3.67. The number of nitrogens with two attached hydrogens (primary N) is 1. The van der Waals surface area contributed by atoms with E-state index in [-0.39, 0.29) is 6.10 Å². The standard InChI is InChI=1S/C26H31NO/c1-20(2)28-25-16-14-24(15-17-25)26(23-12-8-5-9-13-23)18-19-27-21(3)22-10-6-4-7-11-22/h4-17,20-21,26-27H,18-19H2,1-3H3/p+1/t21-,26+/m1/s1. The van der Waals surface area contributed by atoms with E-state index in [2.05, 4.69) is 111 Å². The van der Waals surface area contributed by atoms with Crippen LogP contribution in [0.1, 0.15) is 55.8 Å². The second kappa shape index (κ2) is 10.1. The van der Waals surface area contributed by atoms with Gasteiger partial charge in [-0.2, -0.15) is 0 Å². The van der Waals surface area contributed by atoms with Crippen LogP contribution in [0.3, 0.4) is 0 Å². The predicted octanol–water partition coefficient (Wildman–Crippen LogP) is 5.32. The maximum Gasteiger partial charge on any atom is 0.119 e. The third kappa shape index (κ3) is 5.71. The molecule has 0 radical (unpaired) electrons. The molecule has 146 valence electrons. The summed E-state index contributed by atoms with van der Waals surface area (Å²) in [6.07, 6.45) is 1.30. The van der Waals surface area contributed by atoms with E-state index in [1.165, 1.54) is 16.7 Å². The first-order valence-corrected chi connectivity index (χ1v) is 10.3. The van der Waals surface area contributed by atoms with Crippen molar-refractivity contribution < 1.29 is 10.1 Å². The van der Waals surface area contributed by atoms with Crippen LogP contribution < -0.4 is 10.1 Å². The summed E-state index contributed by atoms with van der Waals surface area (Å²) < 4.78 is 5.81. The van der Waals surface area contributed by atoms with Crippen molar-refractivity contribution >= 4 is 0 Å². The van der Waals surface area contributed by atoms with Gasteiger partial charge in [-0.15, -0.1) is 0 Å². The third-order valence-electron chi connectivity index (χ3n) is 5.16. The topological polar surface area (TPSA) is 25.8 Å². The molecule has 0 aliphatic heterocycles. The van der Waals surface area contributed by atoms with Crippen molar-refractivity contribution in [3.63, 3.8) is 0 Å². The van der Waals surface area contributed by atoms with Gasteiger partial charge in [0.2, 0.25) is 0 Å². The van der Waals surface area contributed by atoms with E-state index in [1.54, 1.807) is 0 Å². The predicted molar refractivity (Wildman–Crippen MR) is 117 cm³/mol. The Balaban J connectivity index is 1.69. The van der Waals surface area contributed by atoms with Crippen molar-refractivity contribution in [3.8, 4) is 5.75 Å². The monoisotopic (exact) mass is 374 g/mol. The zero-order chi connectivity index (χ0) is 19.8. The zero-order valence-electron chi connectivity index (χ0n) is 17.2. The largest absolute Gasteiger partial charge is 0.491 e. The van der Waals surface area contributed by atoms with E-state index >= 15 is 0 Å². The minimum absolute atomic E-state index is 0.199. The SMILES string of the molecule is CC(C)Oc1ccc([C@@H](CC[NH2+][C@H](C)c2ccccc2)c2ccccc2)cc1. The highest BCUT2D eigenvalue weighted by molar-refractivity contribution is 5.36. The Morgan fingerprint density at radius 1 is 0.679 bits per heavy atom. The van der Waals surface area contributed by atoms with Crippen LogP contribution in [0.4, 0.5) is 0 Å². The van der Waals surface area contributed by atoms with Gasteiger partial charge >= 0.3 is 0 Å². The van der Waals surface area contributed by atoms with Crippen molar-refractivity contribution in [2.45, 2.75) is 45.3 Å². The van der Waals surface area contributed by atoms with Crippen LogP contribution in [0.15, 0.2) is 84.9 Å². The molecule has 0 heterocycles. The molecule has 2 atom stereocenters. The smallest absolute Gasteiger partial charge is 0.119 e. The Kier molecular flexibility index (Phi) is 7.27. The summed E-state index contributed by atoms with van der Waals surface area (Å²) in [5.41, 5.74) is 4.11. The Morgan fingerprint density at radius 3 is 1.79 bits per heavy atom. The van der Waals surface area contributed by atoms with Gasteiger partial charge in [0.15, 0.2) is 0 Å². The van der Waals surface area contributed by atoms with Gasteiger partial charge in [-0.3, -0.25) is 0 Å². The first kappa shape index (κ1) is 20.2. The molecule has 2 nitrogen and oxygen atoms in total. The van der Waals surface area contributed by atoms with Gasteiger partial charge in [0.25, 0.3) is 0 Å². The van der Waals surface area contributed by atoms with Gasteiger partial charge in [-0.25, -0.2) is 0 Å². The van der Waals surface area contributed by atoms with Crippen molar-refractivity contribution in [1.29, 1.82) is 0 Å². The number of hydrogen-bond donors (Lipinski definition) is 1. The summed E-state index contributed by atoms with van der Waals surface area (Å²) in [7, 11) is 0.